The van der Waals surface area contributed by atoms with Gasteiger partial charge in [0.1, 0.15) is 11.9 Å². The number of imidazole rings is 1. The second kappa shape index (κ2) is 8.97. The standard InChI is InChI=1S/C22H27N3O4S/c1-15(2)13-20(22(26)29-4)24-30(27,28)18-11-9-17(10-12-18)14-25-16(3)23-19-7-5-6-8-21(19)25/h5-12,15,20,24H,13-14H2,1-4H3/t20-/m0/s1. The molecular weight excluding hydrogens is 402 g/mol. The number of hydrogen-bond donors (Lipinski definition) is 1. The number of carbonyl (C=O) groups is 1. The first-order valence-electron chi connectivity index (χ1n) is 9.82. The fourth-order valence-corrected chi connectivity index (χ4v) is 4.61. The van der Waals surface area contributed by atoms with Crippen molar-refractivity contribution < 1.29 is 17.9 Å². The number of para-hydroxylation sites is 2. The summed E-state index contributed by atoms with van der Waals surface area (Å²) in [5.41, 5.74) is 2.91. The molecule has 0 bridgehead atoms. The number of nitrogens with one attached hydrogen (secondary N) is 1. The van der Waals surface area contributed by atoms with Crippen molar-refractivity contribution in [2.75, 3.05) is 7.11 Å². The van der Waals surface area contributed by atoms with Crippen molar-refractivity contribution in [2.24, 2.45) is 5.92 Å². The Morgan fingerprint density at radius 2 is 1.80 bits per heavy atom. The number of aryl methyl sites for hydroxylation is 1. The Morgan fingerprint density at radius 3 is 2.43 bits per heavy atom. The van der Waals surface area contributed by atoms with Gasteiger partial charge in [0, 0.05) is 6.54 Å². The van der Waals surface area contributed by atoms with Gasteiger partial charge in [0.15, 0.2) is 0 Å². The van der Waals surface area contributed by atoms with Crippen LogP contribution in [0.2, 0.25) is 0 Å². The third-order valence-corrected chi connectivity index (χ3v) is 6.40. The van der Waals surface area contributed by atoms with Crippen molar-refractivity contribution in [2.45, 2.75) is 44.7 Å². The lowest BCUT2D eigenvalue weighted by atomic mass is 10.1. The lowest BCUT2D eigenvalue weighted by Crippen LogP contribution is -2.42. The van der Waals surface area contributed by atoms with Crippen molar-refractivity contribution in [1.82, 2.24) is 14.3 Å². The predicted molar refractivity (Wildman–Crippen MR) is 116 cm³/mol. The molecule has 0 fully saturated rings. The maximum Gasteiger partial charge on any atom is 0.323 e. The number of sulfonamides is 1. The molecule has 0 aliphatic heterocycles. The Bertz CT molecular complexity index is 1130. The van der Waals surface area contributed by atoms with Gasteiger partial charge in [-0.25, -0.2) is 13.4 Å². The molecule has 0 unspecified atom stereocenters. The number of aromatic nitrogens is 2. The highest BCUT2D eigenvalue weighted by molar-refractivity contribution is 7.89. The van der Waals surface area contributed by atoms with Crippen LogP contribution in [0.3, 0.4) is 0 Å². The van der Waals surface area contributed by atoms with Crippen LogP contribution >= 0.6 is 0 Å². The van der Waals surface area contributed by atoms with E-state index < -0.39 is 22.0 Å². The summed E-state index contributed by atoms with van der Waals surface area (Å²) in [7, 11) is -2.60. The highest BCUT2D eigenvalue weighted by Crippen LogP contribution is 2.19. The van der Waals surface area contributed by atoms with E-state index >= 15 is 0 Å². The molecule has 3 rings (SSSR count). The van der Waals surface area contributed by atoms with E-state index in [0.29, 0.717) is 13.0 Å². The molecule has 1 aromatic heterocycles. The first-order valence-corrected chi connectivity index (χ1v) is 11.3. The lowest BCUT2D eigenvalue weighted by Gasteiger charge is -2.18. The van der Waals surface area contributed by atoms with E-state index in [2.05, 4.69) is 14.3 Å². The number of nitrogens with zero attached hydrogens (tertiary/aromatic N) is 2. The minimum atomic E-state index is -3.85. The molecule has 0 aliphatic carbocycles. The average Bonchev–Trinajstić information content (AvgIpc) is 3.02. The summed E-state index contributed by atoms with van der Waals surface area (Å²) in [5.74, 6) is 0.433. The molecule has 7 nitrogen and oxygen atoms in total. The van der Waals surface area contributed by atoms with Crippen molar-refractivity contribution in [3.05, 3.63) is 59.9 Å². The largest absolute Gasteiger partial charge is 0.468 e. The van der Waals surface area contributed by atoms with Gasteiger partial charge < -0.3 is 9.30 Å². The second-order valence-electron chi connectivity index (χ2n) is 7.70. The zero-order chi connectivity index (χ0) is 21.9. The summed E-state index contributed by atoms with van der Waals surface area (Å²) >= 11 is 0. The molecule has 1 heterocycles. The highest BCUT2D eigenvalue weighted by atomic mass is 32.2. The van der Waals surface area contributed by atoms with Crippen LogP contribution in [0, 0.1) is 12.8 Å². The lowest BCUT2D eigenvalue weighted by molar-refractivity contribution is -0.143. The SMILES string of the molecule is COC(=O)[C@H](CC(C)C)NS(=O)(=O)c1ccc(Cn2c(C)nc3ccccc32)cc1. The van der Waals surface area contributed by atoms with Gasteiger partial charge in [0.25, 0.3) is 0 Å². The fraction of sp³-hybridized carbons (Fsp3) is 0.364. The van der Waals surface area contributed by atoms with E-state index in [-0.39, 0.29) is 10.8 Å². The second-order valence-corrected chi connectivity index (χ2v) is 9.42. The number of fused-ring (bicyclic) bond motifs is 1. The molecule has 0 radical (unpaired) electrons. The molecule has 160 valence electrons. The number of hydrogen-bond acceptors (Lipinski definition) is 5. The monoisotopic (exact) mass is 429 g/mol. The van der Waals surface area contributed by atoms with Crippen LogP contribution in [0.1, 0.15) is 31.7 Å². The average molecular weight is 430 g/mol. The quantitative estimate of drug-likeness (QED) is 0.555. The molecule has 0 aliphatic rings. The molecule has 3 aromatic rings. The van der Waals surface area contributed by atoms with Gasteiger partial charge in [-0.3, -0.25) is 4.79 Å². The number of ether oxygens (including phenoxy) is 1. The van der Waals surface area contributed by atoms with Gasteiger partial charge in [-0.1, -0.05) is 38.1 Å². The highest BCUT2D eigenvalue weighted by Gasteiger charge is 2.27. The number of rotatable bonds is 8. The van der Waals surface area contributed by atoms with Gasteiger partial charge in [-0.15, -0.1) is 0 Å². The van der Waals surface area contributed by atoms with Crippen LogP contribution in [0.25, 0.3) is 11.0 Å². The maximum atomic E-state index is 12.8. The maximum absolute atomic E-state index is 12.8. The minimum Gasteiger partial charge on any atom is -0.468 e. The number of esters is 1. The van der Waals surface area contributed by atoms with Crippen LogP contribution in [-0.4, -0.2) is 37.1 Å². The van der Waals surface area contributed by atoms with Crippen LogP contribution in [-0.2, 0) is 26.1 Å². The Labute approximate surface area is 177 Å². The van der Waals surface area contributed by atoms with Gasteiger partial charge in [-0.2, -0.15) is 4.72 Å². The van der Waals surface area contributed by atoms with Crippen LogP contribution in [0.5, 0.6) is 0 Å². The summed E-state index contributed by atoms with van der Waals surface area (Å²) in [5, 5.41) is 0. The van der Waals surface area contributed by atoms with Crippen molar-refractivity contribution in [3.8, 4) is 0 Å². The Balaban J connectivity index is 1.80. The first-order chi connectivity index (χ1) is 14.2. The first kappa shape index (κ1) is 22.0. The van der Waals surface area contributed by atoms with E-state index in [4.69, 9.17) is 4.74 Å². The molecule has 8 heteroatoms. The van der Waals surface area contributed by atoms with E-state index in [1.807, 2.05) is 45.0 Å². The predicted octanol–water partition coefficient (Wildman–Crippen LogP) is 3.26. The minimum absolute atomic E-state index is 0.108. The topological polar surface area (TPSA) is 90.3 Å². The van der Waals surface area contributed by atoms with Gasteiger partial charge >= 0.3 is 5.97 Å². The molecule has 0 saturated carbocycles. The molecular formula is C22H27N3O4S. The summed E-state index contributed by atoms with van der Waals surface area (Å²) in [6, 6.07) is 13.6. The van der Waals surface area contributed by atoms with Gasteiger partial charge in [0.05, 0.1) is 23.0 Å². The Kier molecular flexibility index (Phi) is 6.58. The summed E-state index contributed by atoms with van der Waals surface area (Å²) in [6.45, 7) is 6.37. The molecule has 0 saturated heterocycles. The molecule has 2 aromatic carbocycles. The Morgan fingerprint density at radius 1 is 1.13 bits per heavy atom. The summed E-state index contributed by atoms with van der Waals surface area (Å²) in [4.78, 5) is 16.6. The molecule has 0 spiro atoms. The Hall–Kier alpha value is -2.71. The number of carbonyl (C=O) groups excluding carboxylic acids is 1. The molecule has 1 N–H and O–H groups in total. The van der Waals surface area contributed by atoms with Gasteiger partial charge in [0.2, 0.25) is 10.0 Å². The fourth-order valence-electron chi connectivity index (χ4n) is 3.41. The zero-order valence-corrected chi connectivity index (χ0v) is 18.4. The van der Waals surface area contributed by atoms with Crippen molar-refractivity contribution in [1.29, 1.82) is 0 Å². The number of benzene rings is 2. The molecule has 0 amide bonds. The van der Waals surface area contributed by atoms with Crippen LogP contribution in [0.4, 0.5) is 0 Å². The van der Waals surface area contributed by atoms with E-state index in [1.165, 1.54) is 7.11 Å². The third kappa shape index (κ3) is 4.88. The van der Waals surface area contributed by atoms with Crippen LogP contribution < -0.4 is 4.72 Å². The smallest absolute Gasteiger partial charge is 0.323 e. The summed E-state index contributed by atoms with van der Waals surface area (Å²) < 4.78 is 34.8. The normalized spacial score (nSPS) is 13.0. The number of methoxy groups -OCH3 is 1. The summed E-state index contributed by atoms with van der Waals surface area (Å²) in [6.07, 6.45) is 0.358. The van der Waals surface area contributed by atoms with Gasteiger partial charge in [-0.05, 0) is 49.1 Å². The van der Waals surface area contributed by atoms with Crippen molar-refractivity contribution >= 4 is 27.0 Å². The third-order valence-electron chi connectivity index (χ3n) is 4.91. The van der Waals surface area contributed by atoms with E-state index in [0.717, 1.165) is 22.4 Å². The van der Waals surface area contributed by atoms with E-state index in [1.54, 1.807) is 24.3 Å². The van der Waals surface area contributed by atoms with Crippen molar-refractivity contribution in [3.63, 3.8) is 0 Å². The van der Waals surface area contributed by atoms with E-state index in [9.17, 15) is 13.2 Å². The molecule has 1 atom stereocenters. The molecule has 30 heavy (non-hydrogen) atoms. The van der Waals surface area contributed by atoms with Crippen LogP contribution in [0.15, 0.2) is 53.4 Å². The zero-order valence-electron chi connectivity index (χ0n) is 17.6.